The van der Waals surface area contributed by atoms with Crippen molar-refractivity contribution in [2.24, 2.45) is 0 Å². The number of fused-ring (bicyclic) bond motifs is 1. The van der Waals surface area contributed by atoms with Gasteiger partial charge in [0.25, 0.3) is 10.0 Å². The Kier molecular flexibility index (Phi) is 3.64. The van der Waals surface area contributed by atoms with Crippen LogP contribution in [0.2, 0.25) is 0 Å². The lowest BCUT2D eigenvalue weighted by molar-refractivity contribution is 0.0689. The van der Waals surface area contributed by atoms with Crippen LogP contribution in [0.5, 0.6) is 0 Å². The van der Waals surface area contributed by atoms with Gasteiger partial charge in [-0.05, 0) is 31.5 Å². The van der Waals surface area contributed by atoms with E-state index in [0.717, 1.165) is 18.0 Å². The van der Waals surface area contributed by atoms with E-state index in [0.29, 0.717) is 3.97 Å². The van der Waals surface area contributed by atoms with Crippen molar-refractivity contribution in [3.63, 3.8) is 0 Å². The van der Waals surface area contributed by atoms with Crippen LogP contribution in [-0.2, 0) is 10.0 Å². The topological polar surface area (TPSA) is 89.3 Å². The fraction of sp³-hybridized carbons (Fsp3) is 0.125. The Morgan fingerprint density at radius 3 is 2.38 bits per heavy atom. The molecule has 1 N–H and O–H groups in total. The van der Waals surface area contributed by atoms with Gasteiger partial charge in [0.05, 0.1) is 22.8 Å². The molecule has 0 aliphatic rings. The molecule has 0 radical (unpaired) electrons. The van der Waals surface area contributed by atoms with Gasteiger partial charge in [0, 0.05) is 5.39 Å². The van der Waals surface area contributed by atoms with Crippen LogP contribution in [-0.4, -0.2) is 28.5 Å². The van der Waals surface area contributed by atoms with Crippen LogP contribution in [0.25, 0.3) is 10.9 Å². The summed E-state index contributed by atoms with van der Waals surface area (Å²) in [6.45, 7) is 3.17. The zero-order valence-electron chi connectivity index (χ0n) is 12.8. The van der Waals surface area contributed by atoms with Gasteiger partial charge in [-0.3, -0.25) is 4.98 Å². The number of aromatic carboxylic acids is 1. The molecule has 6 nitrogen and oxygen atoms in total. The summed E-state index contributed by atoms with van der Waals surface area (Å²) in [5.41, 5.74) is 0.282. The maximum Gasteiger partial charge on any atom is 0.353 e. The third kappa shape index (κ3) is 2.26. The number of hydrogen-bond acceptors (Lipinski definition) is 4. The number of hydrogen-bond donors (Lipinski definition) is 1. The molecule has 0 bridgehead atoms. The minimum absolute atomic E-state index is 0.0353. The summed E-state index contributed by atoms with van der Waals surface area (Å²) in [4.78, 5) is 15.2. The molecule has 0 fully saturated rings. The van der Waals surface area contributed by atoms with E-state index in [1.54, 1.807) is 19.1 Å². The van der Waals surface area contributed by atoms with Crippen LogP contribution in [0.15, 0.2) is 41.6 Å². The normalized spacial score (nSPS) is 11.8. The van der Waals surface area contributed by atoms with Crippen LogP contribution >= 0.6 is 0 Å². The first-order valence-corrected chi connectivity index (χ1v) is 8.39. The van der Waals surface area contributed by atoms with Gasteiger partial charge in [0.1, 0.15) is 5.69 Å². The van der Waals surface area contributed by atoms with Crippen LogP contribution in [0.3, 0.4) is 0 Å². The van der Waals surface area contributed by atoms with E-state index in [2.05, 4.69) is 4.98 Å². The summed E-state index contributed by atoms with van der Waals surface area (Å²) in [5.74, 6) is -2.23. The third-order valence-corrected chi connectivity index (χ3v) is 5.52. The Balaban J connectivity index is 2.45. The first kappa shape index (κ1) is 16.1. The van der Waals surface area contributed by atoms with E-state index < -0.39 is 27.5 Å². The molecular formula is C16H13FN2O4S. The Morgan fingerprint density at radius 1 is 1.17 bits per heavy atom. The molecule has 1 aromatic carbocycles. The number of pyridine rings is 1. The van der Waals surface area contributed by atoms with E-state index in [1.807, 2.05) is 0 Å². The van der Waals surface area contributed by atoms with E-state index in [-0.39, 0.29) is 21.4 Å². The number of halogens is 1. The molecule has 0 aliphatic carbocycles. The van der Waals surface area contributed by atoms with Crippen LogP contribution in [0, 0.1) is 19.7 Å². The van der Waals surface area contributed by atoms with E-state index in [1.165, 1.54) is 19.1 Å². The van der Waals surface area contributed by atoms with Crippen LogP contribution in [0.1, 0.15) is 21.6 Å². The summed E-state index contributed by atoms with van der Waals surface area (Å²) in [6.07, 6.45) is 2.06. The average molecular weight is 348 g/mol. The lowest BCUT2D eigenvalue weighted by Crippen LogP contribution is -2.19. The van der Waals surface area contributed by atoms with Crippen molar-refractivity contribution in [1.82, 2.24) is 8.96 Å². The molecule has 2 heterocycles. The highest BCUT2D eigenvalue weighted by atomic mass is 32.2. The van der Waals surface area contributed by atoms with Crippen LogP contribution < -0.4 is 0 Å². The lowest BCUT2D eigenvalue weighted by atomic mass is 10.2. The number of nitrogens with zero attached hydrogens (tertiary/aromatic N) is 2. The summed E-state index contributed by atoms with van der Waals surface area (Å²) in [7, 11) is -4.22. The molecule has 0 unspecified atom stereocenters. The van der Waals surface area contributed by atoms with Crippen molar-refractivity contribution in [2.75, 3.05) is 0 Å². The van der Waals surface area contributed by atoms with Gasteiger partial charge in [0.2, 0.25) is 0 Å². The van der Waals surface area contributed by atoms with Gasteiger partial charge in [0.15, 0.2) is 5.82 Å². The second-order valence-corrected chi connectivity index (χ2v) is 7.16. The smallest absolute Gasteiger partial charge is 0.353 e. The molecule has 0 aliphatic heterocycles. The van der Waals surface area contributed by atoms with Gasteiger partial charge in [-0.25, -0.2) is 21.6 Å². The quantitative estimate of drug-likeness (QED) is 0.786. The number of aromatic nitrogens is 2. The average Bonchev–Trinajstić information content (AvgIpc) is 2.83. The molecule has 24 heavy (non-hydrogen) atoms. The van der Waals surface area contributed by atoms with Crippen molar-refractivity contribution in [2.45, 2.75) is 18.7 Å². The van der Waals surface area contributed by atoms with E-state index in [4.69, 9.17) is 0 Å². The monoisotopic (exact) mass is 348 g/mol. The maximum absolute atomic E-state index is 14.1. The van der Waals surface area contributed by atoms with Gasteiger partial charge < -0.3 is 5.11 Å². The summed E-state index contributed by atoms with van der Waals surface area (Å²) in [6, 6.07) is 5.96. The first-order chi connectivity index (χ1) is 11.2. The predicted octanol–water partition coefficient (Wildman–Crippen LogP) is 2.73. The van der Waals surface area contributed by atoms with E-state index in [9.17, 15) is 22.7 Å². The first-order valence-electron chi connectivity index (χ1n) is 6.95. The number of rotatable bonds is 3. The lowest BCUT2D eigenvalue weighted by Gasteiger charge is -2.10. The second-order valence-electron chi connectivity index (χ2n) is 5.38. The fourth-order valence-corrected chi connectivity index (χ4v) is 4.20. The molecule has 0 saturated heterocycles. The number of carbonyl (C=O) groups is 1. The molecule has 2 aromatic heterocycles. The molecule has 3 rings (SSSR count). The van der Waals surface area contributed by atoms with Gasteiger partial charge in [-0.1, -0.05) is 17.7 Å². The Hall–Kier alpha value is -2.74. The van der Waals surface area contributed by atoms with E-state index >= 15 is 0 Å². The molecule has 3 aromatic rings. The standard InChI is InChI=1S/C16H13FN2O4S/c1-9-3-5-11(6-4-9)24(22,23)19-13-8-18-7-12(17)14(13)10(2)15(19)16(20)21/h3-8H,1-2H3,(H,20,21). The molecular weight excluding hydrogens is 335 g/mol. The number of benzene rings is 1. The summed E-state index contributed by atoms with van der Waals surface area (Å²) in [5, 5.41) is 9.39. The Morgan fingerprint density at radius 2 is 1.79 bits per heavy atom. The highest BCUT2D eigenvalue weighted by Crippen LogP contribution is 2.31. The SMILES string of the molecule is Cc1ccc(S(=O)(=O)n2c(C(=O)O)c(C)c3c(F)cncc32)cc1. The predicted molar refractivity (Wildman–Crippen MR) is 85.2 cm³/mol. The zero-order valence-corrected chi connectivity index (χ0v) is 13.6. The zero-order chi connectivity index (χ0) is 17.6. The molecule has 0 spiro atoms. The van der Waals surface area contributed by atoms with Crippen molar-refractivity contribution in [3.05, 3.63) is 59.3 Å². The largest absolute Gasteiger partial charge is 0.477 e. The molecule has 124 valence electrons. The van der Waals surface area contributed by atoms with Gasteiger partial charge >= 0.3 is 5.97 Å². The molecule has 0 saturated carbocycles. The Labute approximate surface area is 137 Å². The van der Waals surface area contributed by atoms with Gasteiger partial charge in [-0.2, -0.15) is 0 Å². The van der Waals surface area contributed by atoms with Crippen molar-refractivity contribution in [3.8, 4) is 0 Å². The highest BCUT2D eigenvalue weighted by molar-refractivity contribution is 7.90. The van der Waals surface area contributed by atoms with Crippen LogP contribution in [0.4, 0.5) is 4.39 Å². The maximum atomic E-state index is 14.1. The second kappa shape index (κ2) is 5.41. The third-order valence-electron chi connectivity index (χ3n) is 3.79. The fourth-order valence-electron chi connectivity index (χ4n) is 2.65. The summed E-state index contributed by atoms with van der Waals surface area (Å²) < 4.78 is 40.6. The minimum Gasteiger partial charge on any atom is -0.477 e. The Bertz CT molecular complexity index is 1070. The van der Waals surface area contributed by atoms with Crippen molar-refractivity contribution < 1.29 is 22.7 Å². The molecule has 8 heteroatoms. The molecule has 0 atom stereocenters. The van der Waals surface area contributed by atoms with Gasteiger partial charge in [-0.15, -0.1) is 0 Å². The van der Waals surface area contributed by atoms with Crippen molar-refractivity contribution in [1.29, 1.82) is 0 Å². The summed E-state index contributed by atoms with van der Waals surface area (Å²) >= 11 is 0. The molecule has 0 amide bonds. The van der Waals surface area contributed by atoms with Crippen molar-refractivity contribution >= 4 is 26.9 Å². The number of aryl methyl sites for hydroxylation is 2. The highest BCUT2D eigenvalue weighted by Gasteiger charge is 2.30. The minimum atomic E-state index is -4.22. The number of carboxylic acid groups (broad SMARTS) is 1. The number of carboxylic acids is 1.